The van der Waals surface area contributed by atoms with Gasteiger partial charge >= 0.3 is 5.97 Å². The Morgan fingerprint density at radius 2 is 2.04 bits per heavy atom. The molecule has 1 aliphatic rings. The molecule has 0 fully saturated rings. The molecule has 1 amide bonds. The van der Waals surface area contributed by atoms with Crippen molar-refractivity contribution in [2.24, 2.45) is 16.5 Å². The van der Waals surface area contributed by atoms with Crippen LogP contribution in [0.15, 0.2) is 34.5 Å². The van der Waals surface area contributed by atoms with Crippen LogP contribution in [-0.4, -0.2) is 55.3 Å². The van der Waals surface area contributed by atoms with Gasteiger partial charge in [0, 0.05) is 36.3 Å². The maximum absolute atomic E-state index is 12.8. The average Bonchev–Trinajstić information content (AvgIpc) is 2.65. The monoisotopic (exact) mass is 412 g/mol. The molecule has 0 spiro atoms. The zero-order valence-electron chi connectivity index (χ0n) is 15.0. The van der Waals surface area contributed by atoms with Gasteiger partial charge in [0.15, 0.2) is 0 Å². The van der Waals surface area contributed by atoms with Gasteiger partial charge in [-0.25, -0.2) is 4.79 Å². The minimum absolute atomic E-state index is 0.117. The highest BCUT2D eigenvalue weighted by molar-refractivity contribution is 6.43. The highest BCUT2D eigenvalue weighted by Gasteiger charge is 2.29. The first-order valence-electron chi connectivity index (χ1n) is 8.52. The van der Waals surface area contributed by atoms with Crippen molar-refractivity contribution in [2.75, 3.05) is 32.8 Å². The lowest BCUT2D eigenvalue weighted by Gasteiger charge is -2.30. The predicted molar refractivity (Wildman–Crippen MR) is 106 cm³/mol. The molecule has 0 saturated carbocycles. The third-order valence-corrected chi connectivity index (χ3v) is 4.73. The van der Waals surface area contributed by atoms with Crippen LogP contribution in [0, 0.1) is 0 Å². The molecule has 1 heterocycles. The molecule has 0 saturated heterocycles. The number of halogens is 2. The van der Waals surface area contributed by atoms with Gasteiger partial charge in [0.05, 0.1) is 29.7 Å². The summed E-state index contributed by atoms with van der Waals surface area (Å²) in [6, 6.07) is 4.69. The van der Waals surface area contributed by atoms with Crippen LogP contribution in [0.1, 0.15) is 23.7 Å². The van der Waals surface area contributed by atoms with Crippen molar-refractivity contribution in [1.82, 2.24) is 4.90 Å². The summed E-state index contributed by atoms with van der Waals surface area (Å²) >= 11 is 11.9. The van der Waals surface area contributed by atoms with E-state index in [0.717, 1.165) is 0 Å². The molecule has 2 rings (SSSR count). The van der Waals surface area contributed by atoms with E-state index >= 15 is 0 Å². The number of carbonyl (C=O) groups excluding carboxylic acids is 2. The van der Waals surface area contributed by atoms with Crippen LogP contribution in [0.3, 0.4) is 0 Å². The van der Waals surface area contributed by atoms with E-state index in [0.29, 0.717) is 39.8 Å². The number of amides is 1. The fraction of sp³-hybridized carbons (Fsp3) is 0.389. The number of benzene rings is 1. The molecule has 0 atom stereocenters. The number of nitrogens with two attached hydrogens (primary N) is 2. The Bertz CT molecular complexity index is 793. The van der Waals surface area contributed by atoms with Gasteiger partial charge in [-0.15, -0.1) is 0 Å². The van der Waals surface area contributed by atoms with Gasteiger partial charge in [-0.2, -0.15) is 0 Å². The van der Waals surface area contributed by atoms with Crippen LogP contribution < -0.4 is 11.5 Å². The number of hydrogen-bond donors (Lipinski definition) is 2. The van der Waals surface area contributed by atoms with E-state index in [1.807, 2.05) is 0 Å². The molecule has 146 valence electrons. The quantitative estimate of drug-likeness (QED) is 0.548. The zero-order valence-corrected chi connectivity index (χ0v) is 16.5. The molecular formula is C18H22Cl2N4O3. The summed E-state index contributed by atoms with van der Waals surface area (Å²) < 4.78 is 5.08. The molecule has 9 heteroatoms. The van der Waals surface area contributed by atoms with Crippen LogP contribution >= 0.6 is 23.2 Å². The minimum atomic E-state index is -0.576. The third kappa shape index (κ3) is 5.22. The summed E-state index contributed by atoms with van der Waals surface area (Å²) in [7, 11) is 0. The van der Waals surface area contributed by atoms with Crippen molar-refractivity contribution >= 4 is 40.8 Å². The number of ether oxygens (including phenoxy) is 1. The first kappa shape index (κ1) is 21.2. The largest absolute Gasteiger partial charge is 0.461 e. The Kier molecular flexibility index (Phi) is 7.65. The van der Waals surface area contributed by atoms with E-state index in [4.69, 9.17) is 39.4 Å². The number of hydrogen-bond acceptors (Lipinski definition) is 6. The first-order chi connectivity index (χ1) is 12.9. The average molecular weight is 413 g/mol. The first-order valence-corrected chi connectivity index (χ1v) is 9.28. The van der Waals surface area contributed by atoms with Crippen molar-refractivity contribution in [3.05, 3.63) is 45.1 Å². The second-order valence-corrected chi connectivity index (χ2v) is 6.66. The lowest BCUT2D eigenvalue weighted by atomic mass is 10.0. The summed E-state index contributed by atoms with van der Waals surface area (Å²) in [4.78, 5) is 31.0. The van der Waals surface area contributed by atoms with Crippen LogP contribution in [0.25, 0.3) is 0 Å². The highest BCUT2D eigenvalue weighted by atomic mass is 35.5. The summed E-state index contributed by atoms with van der Waals surface area (Å²) in [6.07, 6.45) is 0.420. The van der Waals surface area contributed by atoms with Gasteiger partial charge in [0.1, 0.15) is 5.71 Å². The second-order valence-electron chi connectivity index (χ2n) is 5.85. The van der Waals surface area contributed by atoms with E-state index in [1.165, 1.54) is 6.07 Å². The maximum atomic E-state index is 12.8. The van der Waals surface area contributed by atoms with Crippen molar-refractivity contribution in [1.29, 1.82) is 0 Å². The standard InChI is InChI=1S/C18H22Cl2N4O3/c1-2-27-18(26)16(23-7-6-21)12-10-24(8-5-15(12)22)17(25)11-3-4-13(19)14(20)9-11/h3-4,9H,2,5-8,10,21-22H2,1H3. The fourth-order valence-corrected chi connectivity index (χ4v) is 2.95. The molecule has 7 nitrogen and oxygen atoms in total. The van der Waals surface area contributed by atoms with E-state index in [2.05, 4.69) is 4.99 Å². The molecule has 27 heavy (non-hydrogen) atoms. The van der Waals surface area contributed by atoms with Crippen molar-refractivity contribution in [3.63, 3.8) is 0 Å². The second kappa shape index (κ2) is 9.73. The van der Waals surface area contributed by atoms with Gasteiger partial charge in [-0.1, -0.05) is 23.2 Å². The van der Waals surface area contributed by atoms with Gasteiger partial charge in [-0.05, 0) is 25.1 Å². The summed E-state index contributed by atoms with van der Waals surface area (Å²) in [6.45, 7) is 3.01. The SMILES string of the molecule is CCOC(=O)C(=NCCN)C1=C(N)CCN(C(=O)c2ccc(Cl)c(Cl)c2)C1. The minimum Gasteiger partial charge on any atom is -0.461 e. The number of nitrogens with zero attached hydrogens (tertiary/aromatic N) is 2. The van der Waals surface area contributed by atoms with E-state index in [9.17, 15) is 9.59 Å². The molecule has 1 aliphatic heterocycles. The number of carbonyl (C=O) groups is 2. The van der Waals surface area contributed by atoms with Gasteiger partial charge in [-0.3, -0.25) is 9.79 Å². The summed E-state index contributed by atoms with van der Waals surface area (Å²) in [5, 5.41) is 0.668. The highest BCUT2D eigenvalue weighted by Crippen LogP contribution is 2.25. The number of rotatable bonds is 6. The fourth-order valence-electron chi connectivity index (χ4n) is 2.65. The van der Waals surface area contributed by atoms with Crippen LogP contribution in [0.5, 0.6) is 0 Å². The Morgan fingerprint density at radius 3 is 2.67 bits per heavy atom. The molecule has 1 aromatic rings. The van der Waals surface area contributed by atoms with Crippen molar-refractivity contribution in [3.8, 4) is 0 Å². The van der Waals surface area contributed by atoms with E-state index in [-0.39, 0.29) is 37.9 Å². The summed E-state index contributed by atoms with van der Waals surface area (Å²) in [5.41, 5.74) is 13.1. The Hall–Kier alpha value is -2.09. The van der Waals surface area contributed by atoms with Crippen molar-refractivity contribution < 1.29 is 14.3 Å². The molecule has 0 aromatic heterocycles. The van der Waals surface area contributed by atoms with E-state index in [1.54, 1.807) is 24.0 Å². The third-order valence-electron chi connectivity index (χ3n) is 4.00. The summed E-state index contributed by atoms with van der Waals surface area (Å²) in [5.74, 6) is -0.812. The zero-order chi connectivity index (χ0) is 20.0. The molecule has 0 aliphatic carbocycles. The van der Waals surface area contributed by atoms with Gasteiger partial charge < -0.3 is 21.1 Å². The Balaban J connectivity index is 2.28. The lowest BCUT2D eigenvalue weighted by molar-refractivity contribution is -0.135. The van der Waals surface area contributed by atoms with E-state index < -0.39 is 5.97 Å². The van der Waals surface area contributed by atoms with Crippen molar-refractivity contribution in [2.45, 2.75) is 13.3 Å². The number of esters is 1. The van der Waals surface area contributed by atoms with Crippen LogP contribution in [0.4, 0.5) is 0 Å². The molecule has 0 radical (unpaired) electrons. The molecule has 4 N–H and O–H groups in total. The topological polar surface area (TPSA) is 111 Å². The molecule has 0 bridgehead atoms. The molecule has 1 aromatic carbocycles. The van der Waals surface area contributed by atoms with Gasteiger partial charge in [0.2, 0.25) is 0 Å². The van der Waals surface area contributed by atoms with Gasteiger partial charge in [0.25, 0.3) is 5.91 Å². The molecular weight excluding hydrogens is 391 g/mol. The normalized spacial score (nSPS) is 15.1. The smallest absolute Gasteiger partial charge is 0.356 e. The lowest BCUT2D eigenvalue weighted by Crippen LogP contribution is -2.41. The Labute approximate surface area is 167 Å². The maximum Gasteiger partial charge on any atom is 0.356 e. The number of aliphatic imine (C=N–C) groups is 1. The Morgan fingerprint density at radius 1 is 1.30 bits per heavy atom. The van der Waals surface area contributed by atoms with Crippen LogP contribution in [-0.2, 0) is 9.53 Å². The van der Waals surface area contributed by atoms with Crippen LogP contribution in [0.2, 0.25) is 10.0 Å². The predicted octanol–water partition coefficient (Wildman–Crippen LogP) is 2.01. The molecule has 0 unspecified atom stereocenters.